The standard InChI is InChI=1S/C31H44N4O7/c1-2-31-9-5-10-34-11-8-23-22-6-3-4-7-25(22)35(27(23)28(31)34)26(20-31)29(37)33-24(21-32)30(38)42-19-18-41-17-16-40-15-14-39-13-12-36/h3-4,6-7,20,24,28,36H,2,5,8-19,21,32H2,1H3,(H,33,37)/t24-,28+,31-/m0/s1. The number of esters is 1. The van der Waals surface area contributed by atoms with E-state index in [-0.39, 0.29) is 50.3 Å². The lowest BCUT2D eigenvalue weighted by molar-refractivity contribution is -0.148. The number of aliphatic hydroxyl groups is 1. The van der Waals surface area contributed by atoms with Crippen LogP contribution in [0.15, 0.2) is 30.3 Å². The Morgan fingerprint density at radius 2 is 1.79 bits per heavy atom. The minimum Gasteiger partial charge on any atom is -0.462 e. The Bertz CT molecular complexity index is 1280. The number of hydrogen-bond donors (Lipinski definition) is 3. The second-order valence-corrected chi connectivity index (χ2v) is 11.1. The maximum atomic E-state index is 13.9. The van der Waals surface area contributed by atoms with Gasteiger partial charge in [0.25, 0.3) is 5.91 Å². The van der Waals surface area contributed by atoms with Gasteiger partial charge in [-0.1, -0.05) is 25.1 Å². The molecule has 5 rings (SSSR count). The molecule has 0 unspecified atom stereocenters. The van der Waals surface area contributed by atoms with Crippen molar-refractivity contribution in [1.82, 2.24) is 14.8 Å². The van der Waals surface area contributed by atoms with Crippen LogP contribution in [0.4, 0.5) is 0 Å². The number of amides is 1. The number of benzene rings is 1. The SMILES string of the molecule is CC[C@@]12C=C(C(=O)N[C@@H](CN)C(=O)OCCOCCOCCOCCO)n3c4c(c5ccccc53)CCN(CCC1)[C@H]42. The minimum absolute atomic E-state index is 0.0146. The molecule has 4 N–H and O–H groups in total. The smallest absolute Gasteiger partial charge is 0.330 e. The number of carbonyl (C=O) groups excluding carboxylic acids is 2. The van der Waals surface area contributed by atoms with E-state index in [9.17, 15) is 9.59 Å². The summed E-state index contributed by atoms with van der Waals surface area (Å²) in [7, 11) is 0. The van der Waals surface area contributed by atoms with Crippen LogP contribution in [0.25, 0.3) is 16.6 Å². The topological polar surface area (TPSA) is 138 Å². The second kappa shape index (κ2) is 14.1. The van der Waals surface area contributed by atoms with E-state index in [0.29, 0.717) is 32.1 Å². The number of nitrogens with zero attached hydrogens (tertiary/aromatic N) is 2. The minimum atomic E-state index is -0.975. The van der Waals surface area contributed by atoms with E-state index in [1.54, 1.807) is 0 Å². The van der Waals surface area contributed by atoms with Crippen molar-refractivity contribution in [2.24, 2.45) is 11.1 Å². The van der Waals surface area contributed by atoms with E-state index in [0.717, 1.165) is 44.3 Å². The number of fused-ring (bicyclic) bond motifs is 3. The summed E-state index contributed by atoms with van der Waals surface area (Å²) in [6, 6.07) is 7.56. The lowest BCUT2D eigenvalue weighted by Gasteiger charge is -2.53. The predicted molar refractivity (Wildman–Crippen MR) is 158 cm³/mol. The average Bonchev–Trinajstić information content (AvgIpc) is 3.36. The van der Waals surface area contributed by atoms with Crippen LogP contribution >= 0.6 is 0 Å². The highest BCUT2D eigenvalue weighted by Crippen LogP contribution is 2.56. The first-order chi connectivity index (χ1) is 20.5. The Balaban J connectivity index is 1.23. The zero-order valence-corrected chi connectivity index (χ0v) is 24.5. The van der Waals surface area contributed by atoms with E-state index in [4.69, 9.17) is 29.8 Å². The van der Waals surface area contributed by atoms with Crippen LogP contribution in [0.5, 0.6) is 0 Å². The van der Waals surface area contributed by atoms with Crippen LogP contribution in [0.2, 0.25) is 0 Å². The number of piperidine rings is 1. The van der Waals surface area contributed by atoms with Gasteiger partial charge in [-0.2, -0.15) is 0 Å². The van der Waals surface area contributed by atoms with Gasteiger partial charge < -0.3 is 39.7 Å². The third-order valence-electron chi connectivity index (χ3n) is 8.76. The van der Waals surface area contributed by atoms with E-state index in [2.05, 4.69) is 46.0 Å². The Morgan fingerprint density at radius 3 is 2.50 bits per heavy atom. The fourth-order valence-corrected chi connectivity index (χ4v) is 6.80. The van der Waals surface area contributed by atoms with Gasteiger partial charge in [0, 0.05) is 29.6 Å². The Kier molecular flexibility index (Phi) is 10.3. The zero-order chi connectivity index (χ0) is 29.5. The molecule has 1 saturated heterocycles. The number of nitrogens with two attached hydrogens (primary N) is 1. The molecule has 1 aromatic carbocycles. The molecule has 0 radical (unpaired) electrons. The van der Waals surface area contributed by atoms with E-state index < -0.39 is 12.0 Å². The van der Waals surface area contributed by atoms with Crippen LogP contribution < -0.4 is 11.1 Å². The van der Waals surface area contributed by atoms with Crippen LogP contribution in [0.1, 0.15) is 43.5 Å². The van der Waals surface area contributed by atoms with Crippen molar-refractivity contribution < 1.29 is 33.6 Å². The lowest BCUT2D eigenvalue weighted by Crippen LogP contribution is -2.52. The van der Waals surface area contributed by atoms with E-state index in [1.807, 2.05) is 6.07 Å². The summed E-state index contributed by atoms with van der Waals surface area (Å²) in [5, 5.41) is 12.7. The van der Waals surface area contributed by atoms with Gasteiger partial charge in [-0.05, 0) is 49.9 Å². The van der Waals surface area contributed by atoms with Gasteiger partial charge in [0.05, 0.1) is 57.8 Å². The van der Waals surface area contributed by atoms with Crippen molar-refractivity contribution in [2.75, 3.05) is 72.5 Å². The highest BCUT2D eigenvalue weighted by Gasteiger charge is 2.51. The van der Waals surface area contributed by atoms with Crippen molar-refractivity contribution in [3.05, 3.63) is 41.6 Å². The molecule has 1 fully saturated rings. The molecule has 1 aromatic heterocycles. The van der Waals surface area contributed by atoms with E-state index in [1.165, 1.54) is 16.6 Å². The number of nitrogens with one attached hydrogen (secondary N) is 1. The summed E-state index contributed by atoms with van der Waals surface area (Å²) < 4.78 is 23.4. The molecule has 2 aromatic rings. The Labute approximate surface area is 246 Å². The van der Waals surface area contributed by atoms with Gasteiger partial charge in [0.1, 0.15) is 18.3 Å². The van der Waals surface area contributed by atoms with Crippen molar-refractivity contribution in [1.29, 1.82) is 0 Å². The first-order valence-corrected chi connectivity index (χ1v) is 15.2. The Hall–Kier alpha value is -2.80. The van der Waals surface area contributed by atoms with Gasteiger partial charge in [-0.25, -0.2) is 4.79 Å². The molecule has 11 heteroatoms. The molecular formula is C31H44N4O7. The molecule has 3 aliphatic heterocycles. The summed E-state index contributed by atoms with van der Waals surface area (Å²) in [5.74, 6) is -0.911. The number of hydrogen-bond acceptors (Lipinski definition) is 9. The van der Waals surface area contributed by atoms with Gasteiger partial charge in [-0.3, -0.25) is 9.69 Å². The maximum Gasteiger partial charge on any atom is 0.330 e. The van der Waals surface area contributed by atoms with Crippen molar-refractivity contribution >= 4 is 28.5 Å². The van der Waals surface area contributed by atoms with E-state index >= 15 is 0 Å². The van der Waals surface area contributed by atoms with Gasteiger partial charge >= 0.3 is 5.97 Å². The fraction of sp³-hybridized carbons (Fsp3) is 0.613. The maximum absolute atomic E-state index is 13.9. The van der Waals surface area contributed by atoms with Crippen molar-refractivity contribution in [3.8, 4) is 0 Å². The predicted octanol–water partition coefficient (Wildman–Crippen LogP) is 1.61. The third kappa shape index (κ3) is 6.13. The molecule has 0 aliphatic carbocycles. The molecule has 1 amide bonds. The molecule has 0 bridgehead atoms. The third-order valence-corrected chi connectivity index (χ3v) is 8.76. The number of aliphatic hydroxyl groups excluding tert-OH is 1. The van der Waals surface area contributed by atoms with Crippen molar-refractivity contribution in [2.45, 2.75) is 44.7 Å². The fourth-order valence-electron chi connectivity index (χ4n) is 6.80. The van der Waals surface area contributed by atoms with Gasteiger partial charge in [0.2, 0.25) is 0 Å². The summed E-state index contributed by atoms with van der Waals surface area (Å²) in [6.45, 7) is 6.28. The monoisotopic (exact) mass is 584 g/mol. The average molecular weight is 585 g/mol. The number of para-hydroxylation sites is 1. The van der Waals surface area contributed by atoms with Gasteiger partial charge in [0.15, 0.2) is 0 Å². The van der Waals surface area contributed by atoms with Crippen molar-refractivity contribution in [3.63, 3.8) is 0 Å². The first-order valence-electron chi connectivity index (χ1n) is 15.2. The quantitative estimate of drug-likeness (QED) is 0.199. The second-order valence-electron chi connectivity index (χ2n) is 11.1. The molecule has 230 valence electrons. The molecule has 11 nitrogen and oxygen atoms in total. The highest BCUT2D eigenvalue weighted by molar-refractivity contribution is 6.17. The molecular weight excluding hydrogens is 540 g/mol. The highest BCUT2D eigenvalue weighted by atomic mass is 16.6. The van der Waals surface area contributed by atoms with Crippen LogP contribution in [0, 0.1) is 5.41 Å². The molecule has 4 heterocycles. The van der Waals surface area contributed by atoms with Crippen LogP contribution in [-0.4, -0.2) is 105 Å². The first kappa shape index (κ1) is 30.7. The lowest BCUT2D eigenvalue weighted by atomic mass is 9.66. The normalized spacial score (nSPS) is 22.0. The summed E-state index contributed by atoms with van der Waals surface area (Å²) in [5.41, 5.74) is 9.93. The Morgan fingerprint density at radius 1 is 1.07 bits per heavy atom. The number of aromatic nitrogens is 1. The number of carbonyl (C=O) groups is 2. The largest absolute Gasteiger partial charge is 0.462 e. The number of ether oxygens (including phenoxy) is 4. The van der Waals surface area contributed by atoms with Crippen LogP contribution in [0.3, 0.4) is 0 Å². The van der Waals surface area contributed by atoms with Gasteiger partial charge in [-0.15, -0.1) is 0 Å². The molecule has 0 saturated carbocycles. The molecule has 0 spiro atoms. The zero-order valence-electron chi connectivity index (χ0n) is 24.5. The summed E-state index contributed by atoms with van der Waals surface area (Å²) >= 11 is 0. The van der Waals surface area contributed by atoms with Crippen LogP contribution in [-0.2, 0) is 35.0 Å². The molecule has 3 aliphatic rings. The molecule has 3 atom stereocenters. The summed E-state index contributed by atoms with van der Waals surface area (Å²) in [6.07, 6.45) is 6.17. The summed E-state index contributed by atoms with van der Waals surface area (Å²) in [4.78, 5) is 29.4. The molecule has 42 heavy (non-hydrogen) atoms. The number of rotatable bonds is 16.